The van der Waals surface area contributed by atoms with Crippen molar-refractivity contribution in [1.29, 1.82) is 0 Å². The second kappa shape index (κ2) is 3.59. The third-order valence-corrected chi connectivity index (χ3v) is 2.75. The molecule has 0 amide bonds. The van der Waals surface area contributed by atoms with Crippen LogP contribution in [0.5, 0.6) is 0 Å². The Labute approximate surface area is 95.7 Å². The summed E-state index contributed by atoms with van der Waals surface area (Å²) < 4.78 is 2.26. The molecule has 0 aromatic carbocycles. The summed E-state index contributed by atoms with van der Waals surface area (Å²) in [5, 5.41) is 9.15. The summed E-state index contributed by atoms with van der Waals surface area (Å²) >= 11 is 0. The van der Waals surface area contributed by atoms with Gasteiger partial charge in [0.1, 0.15) is 0 Å². The molecule has 2 rings (SSSR count). The molecular weight excluding hydrogens is 200 g/mol. The zero-order valence-corrected chi connectivity index (χ0v) is 10.3. The van der Waals surface area contributed by atoms with Gasteiger partial charge < -0.3 is 9.67 Å². The Bertz CT molecular complexity index is 520. The predicted molar refractivity (Wildman–Crippen MR) is 65.4 cm³/mol. The number of aryl methyl sites for hydroxylation is 1. The SMILES string of the molecule is Cc1cc2ncc(CO)cc2n1C(C)(C)C. The molecule has 0 aliphatic rings. The molecule has 0 radical (unpaired) electrons. The summed E-state index contributed by atoms with van der Waals surface area (Å²) in [6.07, 6.45) is 1.73. The summed E-state index contributed by atoms with van der Waals surface area (Å²) in [6, 6.07) is 4.10. The van der Waals surface area contributed by atoms with Crippen LogP contribution in [-0.4, -0.2) is 14.7 Å². The van der Waals surface area contributed by atoms with E-state index in [9.17, 15) is 0 Å². The van der Waals surface area contributed by atoms with Gasteiger partial charge in [-0.15, -0.1) is 0 Å². The molecule has 0 bridgehead atoms. The van der Waals surface area contributed by atoms with Gasteiger partial charge in [-0.25, -0.2) is 0 Å². The number of hydrogen-bond donors (Lipinski definition) is 1. The maximum absolute atomic E-state index is 9.15. The lowest BCUT2D eigenvalue weighted by Crippen LogP contribution is -2.22. The Hall–Kier alpha value is -1.35. The number of fused-ring (bicyclic) bond motifs is 1. The molecule has 0 atom stereocenters. The topological polar surface area (TPSA) is 38.1 Å². The van der Waals surface area contributed by atoms with E-state index in [4.69, 9.17) is 5.11 Å². The highest BCUT2D eigenvalue weighted by atomic mass is 16.3. The van der Waals surface area contributed by atoms with Gasteiger partial charge in [0.15, 0.2) is 0 Å². The monoisotopic (exact) mass is 218 g/mol. The molecule has 2 heterocycles. The summed E-state index contributed by atoms with van der Waals surface area (Å²) in [4.78, 5) is 4.37. The zero-order valence-electron chi connectivity index (χ0n) is 10.3. The second-order valence-electron chi connectivity index (χ2n) is 5.20. The van der Waals surface area contributed by atoms with E-state index < -0.39 is 0 Å². The number of nitrogens with zero attached hydrogens (tertiary/aromatic N) is 2. The summed E-state index contributed by atoms with van der Waals surface area (Å²) in [6.45, 7) is 8.64. The van der Waals surface area contributed by atoms with Crippen LogP contribution in [0, 0.1) is 6.92 Å². The summed E-state index contributed by atoms with van der Waals surface area (Å²) in [7, 11) is 0. The largest absolute Gasteiger partial charge is 0.392 e. The van der Waals surface area contributed by atoms with Gasteiger partial charge in [-0.3, -0.25) is 4.98 Å². The van der Waals surface area contributed by atoms with Crippen molar-refractivity contribution in [2.75, 3.05) is 0 Å². The fourth-order valence-electron chi connectivity index (χ4n) is 2.23. The molecule has 0 saturated heterocycles. The Morgan fingerprint density at radius 1 is 1.31 bits per heavy atom. The first-order valence-electron chi connectivity index (χ1n) is 5.52. The van der Waals surface area contributed by atoms with Gasteiger partial charge >= 0.3 is 0 Å². The normalized spacial score (nSPS) is 12.3. The molecule has 3 nitrogen and oxygen atoms in total. The Morgan fingerprint density at radius 2 is 2.00 bits per heavy atom. The van der Waals surface area contributed by atoms with Crippen LogP contribution in [0.4, 0.5) is 0 Å². The number of rotatable bonds is 1. The maximum atomic E-state index is 9.15. The van der Waals surface area contributed by atoms with Crippen LogP contribution in [0.2, 0.25) is 0 Å². The Balaban J connectivity index is 2.76. The highest BCUT2D eigenvalue weighted by Crippen LogP contribution is 2.26. The van der Waals surface area contributed by atoms with Crippen LogP contribution in [0.15, 0.2) is 18.3 Å². The maximum Gasteiger partial charge on any atom is 0.0884 e. The molecule has 2 aromatic heterocycles. The lowest BCUT2D eigenvalue weighted by Gasteiger charge is -2.24. The van der Waals surface area contributed by atoms with Gasteiger partial charge in [0.2, 0.25) is 0 Å². The minimum absolute atomic E-state index is 0.0294. The second-order valence-corrected chi connectivity index (χ2v) is 5.20. The molecule has 0 unspecified atom stereocenters. The molecule has 16 heavy (non-hydrogen) atoms. The van der Waals surface area contributed by atoms with Gasteiger partial charge in [0, 0.05) is 17.4 Å². The minimum atomic E-state index is 0.0294. The number of hydrogen-bond acceptors (Lipinski definition) is 2. The smallest absolute Gasteiger partial charge is 0.0884 e. The van der Waals surface area contributed by atoms with E-state index in [2.05, 4.69) is 43.3 Å². The summed E-state index contributed by atoms with van der Waals surface area (Å²) in [5.41, 5.74) is 4.17. The average molecular weight is 218 g/mol. The Kier molecular flexibility index (Phi) is 2.50. The van der Waals surface area contributed by atoms with Crippen LogP contribution >= 0.6 is 0 Å². The van der Waals surface area contributed by atoms with E-state index in [0.29, 0.717) is 0 Å². The number of pyridine rings is 1. The van der Waals surface area contributed by atoms with E-state index in [1.54, 1.807) is 6.20 Å². The van der Waals surface area contributed by atoms with Crippen molar-refractivity contribution >= 4 is 11.0 Å². The molecule has 0 aliphatic heterocycles. The van der Waals surface area contributed by atoms with Gasteiger partial charge in [-0.05, 0) is 45.4 Å². The van der Waals surface area contributed by atoms with Crippen LogP contribution in [0.25, 0.3) is 11.0 Å². The lowest BCUT2D eigenvalue weighted by atomic mass is 10.1. The first kappa shape index (κ1) is 11.1. The van der Waals surface area contributed by atoms with Crippen LogP contribution in [0.3, 0.4) is 0 Å². The van der Waals surface area contributed by atoms with Crippen LogP contribution in [-0.2, 0) is 12.1 Å². The molecule has 0 fully saturated rings. The molecule has 0 saturated carbocycles. The van der Waals surface area contributed by atoms with Crippen molar-refractivity contribution in [2.24, 2.45) is 0 Å². The van der Waals surface area contributed by atoms with Gasteiger partial charge in [-0.2, -0.15) is 0 Å². The quantitative estimate of drug-likeness (QED) is 0.799. The Morgan fingerprint density at radius 3 is 2.56 bits per heavy atom. The van der Waals surface area contributed by atoms with Crippen LogP contribution in [0.1, 0.15) is 32.0 Å². The number of aromatic nitrogens is 2. The van der Waals surface area contributed by atoms with Crippen molar-refractivity contribution in [1.82, 2.24) is 9.55 Å². The van der Waals surface area contributed by atoms with E-state index in [0.717, 1.165) is 16.6 Å². The van der Waals surface area contributed by atoms with Gasteiger partial charge in [-0.1, -0.05) is 0 Å². The molecule has 0 spiro atoms. The van der Waals surface area contributed by atoms with Crippen molar-refractivity contribution in [3.63, 3.8) is 0 Å². The van der Waals surface area contributed by atoms with Crippen molar-refractivity contribution in [2.45, 2.75) is 39.8 Å². The predicted octanol–water partition coefficient (Wildman–Crippen LogP) is 2.59. The lowest BCUT2D eigenvalue weighted by molar-refractivity contribution is 0.281. The average Bonchev–Trinajstić information content (AvgIpc) is 2.51. The highest BCUT2D eigenvalue weighted by molar-refractivity contribution is 5.78. The van der Waals surface area contributed by atoms with Crippen molar-refractivity contribution in [3.05, 3.63) is 29.6 Å². The van der Waals surface area contributed by atoms with Crippen molar-refractivity contribution in [3.8, 4) is 0 Å². The van der Waals surface area contributed by atoms with E-state index in [1.807, 2.05) is 6.07 Å². The summed E-state index contributed by atoms with van der Waals surface area (Å²) in [5.74, 6) is 0. The molecule has 0 aliphatic carbocycles. The molecule has 86 valence electrons. The number of aliphatic hydroxyl groups is 1. The molecular formula is C13H18N2O. The third-order valence-electron chi connectivity index (χ3n) is 2.75. The number of aliphatic hydroxyl groups excluding tert-OH is 1. The molecule has 2 aromatic rings. The zero-order chi connectivity index (χ0) is 11.9. The molecule has 3 heteroatoms. The van der Waals surface area contributed by atoms with Gasteiger partial charge in [0.25, 0.3) is 0 Å². The van der Waals surface area contributed by atoms with Crippen molar-refractivity contribution < 1.29 is 5.11 Å². The fourth-order valence-corrected chi connectivity index (χ4v) is 2.23. The fraction of sp³-hybridized carbons (Fsp3) is 0.462. The van der Waals surface area contributed by atoms with E-state index in [1.165, 1.54) is 5.69 Å². The van der Waals surface area contributed by atoms with Crippen LogP contribution < -0.4 is 0 Å². The standard InChI is InChI=1S/C13H18N2O/c1-9-5-11-12(15(9)13(2,3)4)6-10(8-16)7-14-11/h5-7,16H,8H2,1-4H3. The third kappa shape index (κ3) is 1.71. The highest BCUT2D eigenvalue weighted by Gasteiger charge is 2.18. The first-order chi connectivity index (χ1) is 7.43. The van der Waals surface area contributed by atoms with E-state index >= 15 is 0 Å². The van der Waals surface area contributed by atoms with Gasteiger partial charge in [0.05, 0.1) is 17.6 Å². The van der Waals surface area contributed by atoms with E-state index in [-0.39, 0.29) is 12.1 Å². The minimum Gasteiger partial charge on any atom is -0.392 e. The molecule has 1 N–H and O–H groups in total. The first-order valence-corrected chi connectivity index (χ1v) is 5.52.